The quantitative estimate of drug-likeness (QED) is 0.0904. The van der Waals surface area contributed by atoms with Gasteiger partial charge in [0, 0.05) is 24.7 Å². The van der Waals surface area contributed by atoms with Gasteiger partial charge in [0.2, 0.25) is 18.0 Å². The van der Waals surface area contributed by atoms with Crippen molar-refractivity contribution in [2.45, 2.75) is 112 Å². The summed E-state index contributed by atoms with van der Waals surface area (Å²) >= 11 is 0. The van der Waals surface area contributed by atoms with Crippen LogP contribution in [0.3, 0.4) is 0 Å². The van der Waals surface area contributed by atoms with Gasteiger partial charge in [0.15, 0.2) is 5.82 Å². The molecule has 2 aliphatic carbocycles. The molecule has 0 saturated heterocycles. The zero-order valence-electron chi connectivity index (χ0n) is 31.1. The number of alkyl carbamates (subject to hydrolysis) is 1. The Balaban J connectivity index is 1.43. The van der Waals surface area contributed by atoms with Gasteiger partial charge in [-0.2, -0.15) is 15.0 Å². The van der Waals surface area contributed by atoms with Gasteiger partial charge in [0.05, 0.1) is 12.6 Å². The van der Waals surface area contributed by atoms with Gasteiger partial charge >= 0.3 is 18.2 Å². The molecule has 2 fully saturated rings. The van der Waals surface area contributed by atoms with Crippen molar-refractivity contribution in [2.75, 3.05) is 30.3 Å². The maximum Gasteiger partial charge on any atom is 0.407 e. The second kappa shape index (κ2) is 16.6. The van der Waals surface area contributed by atoms with Crippen molar-refractivity contribution in [1.82, 2.24) is 30.9 Å². The number of ether oxygens (including phenoxy) is 1. The average molecular weight is 706 g/mol. The van der Waals surface area contributed by atoms with E-state index in [1.54, 1.807) is 6.08 Å². The first kappa shape index (κ1) is 39.2. The highest BCUT2D eigenvalue weighted by Crippen LogP contribution is 2.47. The Morgan fingerprint density at radius 3 is 2.08 bits per heavy atom. The predicted octanol–water partition coefficient (Wildman–Crippen LogP) is 6.81. The summed E-state index contributed by atoms with van der Waals surface area (Å²) in [5.74, 6) is 0.217. The van der Waals surface area contributed by atoms with Crippen molar-refractivity contribution < 1.29 is 23.9 Å². The number of carbonyl (C=O) groups excluding carboxylic acids is 4. The lowest BCUT2D eigenvalue weighted by molar-refractivity contribution is 0.0701. The van der Waals surface area contributed by atoms with Crippen LogP contribution in [0.5, 0.6) is 0 Å². The highest BCUT2D eigenvalue weighted by atomic mass is 16.5. The number of isocyanates is 1. The largest absolute Gasteiger partial charge is 0.450 e. The first-order valence-corrected chi connectivity index (χ1v) is 17.9. The number of aromatic nitrogens is 3. The van der Waals surface area contributed by atoms with Crippen LogP contribution in [0.1, 0.15) is 99.8 Å². The van der Waals surface area contributed by atoms with Crippen LogP contribution in [0.4, 0.5) is 26.3 Å². The van der Waals surface area contributed by atoms with E-state index in [1.807, 2.05) is 37.3 Å². The first-order valence-electron chi connectivity index (χ1n) is 17.9. The number of nitrogens with one attached hydrogen (secondary N) is 5. The van der Waals surface area contributed by atoms with Crippen molar-refractivity contribution in [3.8, 4) is 11.4 Å². The molecule has 2 aliphatic rings. The van der Waals surface area contributed by atoms with Crippen molar-refractivity contribution in [2.24, 2.45) is 26.7 Å². The van der Waals surface area contributed by atoms with E-state index >= 15 is 0 Å². The van der Waals surface area contributed by atoms with Crippen molar-refractivity contribution in [3.05, 3.63) is 30.3 Å². The third-order valence-electron chi connectivity index (χ3n) is 9.62. The Morgan fingerprint density at radius 2 is 1.43 bits per heavy atom. The summed E-state index contributed by atoms with van der Waals surface area (Å²) in [4.78, 5) is 67.1. The minimum atomic E-state index is -0.512. The molecular weight excluding hydrogens is 650 g/mol. The van der Waals surface area contributed by atoms with Crippen LogP contribution in [-0.4, -0.2) is 71.0 Å². The highest BCUT2D eigenvalue weighted by Gasteiger charge is 2.43. The van der Waals surface area contributed by atoms with Gasteiger partial charge in [-0.25, -0.2) is 24.2 Å². The predicted molar refractivity (Wildman–Crippen MR) is 196 cm³/mol. The molecule has 1 aromatic carbocycles. The van der Waals surface area contributed by atoms with Crippen LogP contribution in [0, 0.1) is 21.7 Å². The number of benzene rings is 1. The summed E-state index contributed by atoms with van der Waals surface area (Å²) < 4.78 is 5.27. The van der Waals surface area contributed by atoms with Gasteiger partial charge in [-0.3, -0.25) is 10.6 Å². The number of unbranched alkanes of at least 4 members (excludes halogenated alkanes) is 1. The highest BCUT2D eigenvalue weighted by molar-refractivity contribution is 5.89. The molecule has 0 bridgehead atoms. The summed E-state index contributed by atoms with van der Waals surface area (Å²) in [7, 11) is 0. The van der Waals surface area contributed by atoms with E-state index in [-0.39, 0.29) is 51.5 Å². The zero-order valence-corrected chi connectivity index (χ0v) is 31.1. The molecule has 0 spiro atoms. The number of carbonyl (C=O) groups is 3. The number of hydrogen-bond acceptors (Lipinski definition) is 9. The van der Waals surface area contributed by atoms with Crippen LogP contribution in [0.2, 0.25) is 0 Å². The van der Waals surface area contributed by atoms with E-state index in [0.29, 0.717) is 38.1 Å². The average Bonchev–Trinajstić information content (AvgIpc) is 3.01. The lowest BCUT2D eigenvalue weighted by Gasteiger charge is -2.46. The van der Waals surface area contributed by atoms with E-state index in [1.165, 1.54) is 0 Å². The lowest BCUT2D eigenvalue weighted by atomic mass is 9.62. The zero-order chi connectivity index (χ0) is 37.3. The van der Waals surface area contributed by atoms with Crippen molar-refractivity contribution in [3.63, 3.8) is 0 Å². The molecule has 278 valence electrons. The van der Waals surface area contributed by atoms with Gasteiger partial charge < -0.3 is 20.7 Å². The van der Waals surface area contributed by atoms with E-state index in [9.17, 15) is 19.2 Å². The third-order valence-corrected chi connectivity index (χ3v) is 9.62. The molecule has 0 radical (unpaired) electrons. The van der Waals surface area contributed by atoms with Crippen molar-refractivity contribution >= 4 is 36.1 Å². The fourth-order valence-corrected chi connectivity index (χ4v) is 8.36. The smallest absolute Gasteiger partial charge is 0.407 e. The normalized spacial score (nSPS) is 25.0. The SMILES string of the molecule is CCCCOC(=O)NCC1(C)CC(NC(=O)Nc2nc(NC(=O)NCC3(C)CC(N=C=O)CC(C)(C)C3)nc(-c3ccccc3)n2)CC(C)(C)C1. The van der Waals surface area contributed by atoms with Crippen molar-refractivity contribution in [1.29, 1.82) is 0 Å². The minimum Gasteiger partial charge on any atom is -0.450 e. The Bertz CT molecular complexity index is 1580. The van der Waals surface area contributed by atoms with Crippen LogP contribution in [0.15, 0.2) is 35.3 Å². The van der Waals surface area contributed by atoms with E-state index in [0.717, 1.165) is 38.5 Å². The topological polar surface area (TPSA) is 189 Å². The van der Waals surface area contributed by atoms with Crippen LogP contribution in [-0.2, 0) is 9.53 Å². The van der Waals surface area contributed by atoms with E-state index < -0.39 is 18.2 Å². The van der Waals surface area contributed by atoms with E-state index in [4.69, 9.17) is 4.74 Å². The maximum atomic E-state index is 13.4. The fraction of sp³-hybridized carbons (Fsp3) is 0.649. The molecule has 14 heteroatoms. The molecule has 2 aromatic rings. The second-order valence-corrected chi connectivity index (χ2v) is 16.6. The molecule has 5 amide bonds. The Morgan fingerprint density at radius 1 is 0.824 bits per heavy atom. The van der Waals surface area contributed by atoms with Gasteiger partial charge in [0.1, 0.15) is 0 Å². The number of amides is 5. The number of anilines is 2. The Labute approximate surface area is 301 Å². The van der Waals surface area contributed by atoms with Gasteiger partial charge in [-0.15, -0.1) is 0 Å². The molecule has 4 unspecified atom stereocenters. The Hall–Kier alpha value is -4.58. The standard InChI is InChI=1S/C37H55N9O5/c1-8-9-15-51-33(50)39-23-37(7)19-27(17-35(4,5)21-37)41-32(49)46-30-43-28(25-13-11-10-12-14-25)42-29(44-30)45-31(48)38-22-36(6)18-26(40-24-47)16-34(2,3)20-36/h10-14,26-27H,8-9,15-23H2,1-7H3,(H,39,50)(H4,38,41,42,43,44,45,46,48,49). The van der Waals surface area contributed by atoms with Gasteiger partial charge in [-0.05, 0) is 66.6 Å². The second-order valence-electron chi connectivity index (χ2n) is 16.6. The van der Waals surface area contributed by atoms with Crippen LogP contribution < -0.4 is 26.6 Å². The van der Waals surface area contributed by atoms with Gasteiger partial charge in [0.25, 0.3) is 0 Å². The summed E-state index contributed by atoms with van der Waals surface area (Å²) in [6, 6.07) is 7.86. The molecule has 5 N–H and O–H groups in total. The molecule has 2 saturated carbocycles. The minimum absolute atomic E-state index is 0.0264. The molecule has 4 atom stereocenters. The maximum absolute atomic E-state index is 13.4. The molecule has 1 aromatic heterocycles. The summed E-state index contributed by atoms with van der Waals surface area (Å²) in [5.41, 5.74) is -0.0310. The fourth-order valence-electron chi connectivity index (χ4n) is 8.36. The monoisotopic (exact) mass is 705 g/mol. The molecule has 51 heavy (non-hydrogen) atoms. The first-order chi connectivity index (χ1) is 24.0. The number of hydrogen-bond donors (Lipinski definition) is 5. The summed E-state index contributed by atoms with van der Waals surface area (Å²) in [5, 5.41) is 14.4. The molecule has 14 nitrogen and oxygen atoms in total. The van der Waals surface area contributed by atoms with Crippen LogP contribution in [0.25, 0.3) is 11.4 Å². The van der Waals surface area contributed by atoms with Gasteiger partial charge in [-0.1, -0.05) is 85.2 Å². The molecule has 0 aliphatic heterocycles. The molecule has 1 heterocycles. The number of nitrogens with zero attached hydrogens (tertiary/aromatic N) is 4. The molecule has 4 rings (SSSR count). The third kappa shape index (κ3) is 12.3. The Kier molecular flexibility index (Phi) is 12.8. The number of aliphatic imine (C=N–C) groups is 1. The summed E-state index contributed by atoms with van der Waals surface area (Å²) in [6.45, 7) is 16.0. The number of rotatable bonds is 12. The van der Waals surface area contributed by atoms with Crippen LogP contribution >= 0.6 is 0 Å². The molecular formula is C37H55N9O5. The lowest BCUT2D eigenvalue weighted by Crippen LogP contribution is -2.51. The van der Waals surface area contributed by atoms with E-state index in [2.05, 4.69) is 88.1 Å². The summed E-state index contributed by atoms with van der Waals surface area (Å²) in [6.07, 6.45) is 7.57. The number of urea groups is 2.